The van der Waals surface area contributed by atoms with Crippen molar-refractivity contribution in [3.63, 3.8) is 0 Å². The highest BCUT2D eigenvalue weighted by Gasteiger charge is 2.26. The Bertz CT molecular complexity index is 259. The van der Waals surface area contributed by atoms with E-state index < -0.39 is 0 Å². The lowest BCUT2D eigenvalue weighted by Gasteiger charge is -2.26. The number of rotatable bonds is 9. The number of nitrogens with zero attached hydrogens (tertiary/aromatic N) is 1. The van der Waals surface area contributed by atoms with Gasteiger partial charge in [0.05, 0.1) is 18.8 Å². The topological polar surface area (TPSA) is 54.3 Å². The predicted octanol–water partition coefficient (Wildman–Crippen LogP) is 2.24. The zero-order valence-corrected chi connectivity index (χ0v) is 11.7. The standard InChI is InChI=1S/C14H26N2O2/c1-3-8-16-14(4-2,12-15)7-5-9-18-13-6-10-17-11-13/h13,16H,3-11H2,1-2H3. The number of ether oxygens (including phenoxy) is 2. The number of hydrogen-bond donors (Lipinski definition) is 1. The van der Waals surface area contributed by atoms with E-state index in [0.29, 0.717) is 0 Å². The third kappa shape index (κ3) is 4.93. The summed E-state index contributed by atoms with van der Waals surface area (Å²) >= 11 is 0. The van der Waals surface area contributed by atoms with Crippen LogP contribution in [0.2, 0.25) is 0 Å². The van der Waals surface area contributed by atoms with E-state index in [0.717, 1.165) is 58.5 Å². The van der Waals surface area contributed by atoms with Crippen molar-refractivity contribution in [3.8, 4) is 6.07 Å². The minimum absolute atomic E-state index is 0.270. The molecule has 0 aromatic heterocycles. The van der Waals surface area contributed by atoms with Gasteiger partial charge in [0, 0.05) is 13.2 Å². The molecule has 0 saturated carbocycles. The lowest BCUT2D eigenvalue weighted by atomic mass is 9.92. The number of hydrogen-bond acceptors (Lipinski definition) is 4. The summed E-state index contributed by atoms with van der Waals surface area (Å²) in [5.74, 6) is 0. The van der Waals surface area contributed by atoms with Gasteiger partial charge in [0.1, 0.15) is 5.54 Å². The summed E-state index contributed by atoms with van der Waals surface area (Å²) in [7, 11) is 0. The molecule has 18 heavy (non-hydrogen) atoms. The van der Waals surface area contributed by atoms with Gasteiger partial charge in [0.15, 0.2) is 0 Å². The summed E-state index contributed by atoms with van der Waals surface area (Å²) in [6.07, 6.45) is 4.95. The second kappa shape index (κ2) is 8.47. The van der Waals surface area contributed by atoms with E-state index in [-0.39, 0.29) is 11.6 Å². The zero-order valence-electron chi connectivity index (χ0n) is 11.7. The van der Waals surface area contributed by atoms with Gasteiger partial charge in [-0.2, -0.15) is 5.26 Å². The monoisotopic (exact) mass is 254 g/mol. The Morgan fingerprint density at radius 1 is 1.50 bits per heavy atom. The van der Waals surface area contributed by atoms with Gasteiger partial charge in [-0.25, -0.2) is 0 Å². The average molecular weight is 254 g/mol. The SMILES string of the molecule is CCCNC(C#N)(CC)CCCOC1CCOC1. The van der Waals surface area contributed by atoms with Crippen molar-refractivity contribution < 1.29 is 9.47 Å². The molecule has 0 spiro atoms. The van der Waals surface area contributed by atoms with Gasteiger partial charge in [-0.05, 0) is 38.6 Å². The van der Waals surface area contributed by atoms with Gasteiger partial charge in [0.25, 0.3) is 0 Å². The normalized spacial score (nSPS) is 22.6. The molecule has 4 heteroatoms. The Hall–Kier alpha value is -0.630. The molecule has 0 aromatic carbocycles. The fourth-order valence-corrected chi connectivity index (χ4v) is 2.20. The van der Waals surface area contributed by atoms with Crippen molar-refractivity contribution in [3.05, 3.63) is 0 Å². The molecule has 1 aliphatic rings. The van der Waals surface area contributed by atoms with Crippen LogP contribution >= 0.6 is 0 Å². The lowest BCUT2D eigenvalue weighted by Crippen LogP contribution is -2.44. The third-order valence-electron chi connectivity index (χ3n) is 3.52. The maximum atomic E-state index is 9.34. The second-order valence-electron chi connectivity index (χ2n) is 4.93. The fraction of sp³-hybridized carbons (Fsp3) is 0.929. The van der Waals surface area contributed by atoms with Gasteiger partial charge in [-0.15, -0.1) is 0 Å². The van der Waals surface area contributed by atoms with Crippen molar-refractivity contribution in [2.75, 3.05) is 26.4 Å². The van der Waals surface area contributed by atoms with Gasteiger partial charge >= 0.3 is 0 Å². The van der Waals surface area contributed by atoms with E-state index in [2.05, 4.69) is 25.2 Å². The number of nitrogens with one attached hydrogen (secondary N) is 1. The van der Waals surface area contributed by atoms with Gasteiger partial charge < -0.3 is 9.47 Å². The van der Waals surface area contributed by atoms with Crippen LogP contribution < -0.4 is 5.32 Å². The van der Waals surface area contributed by atoms with Crippen LogP contribution in [0.25, 0.3) is 0 Å². The van der Waals surface area contributed by atoms with Crippen molar-refractivity contribution in [1.29, 1.82) is 5.26 Å². The molecule has 4 nitrogen and oxygen atoms in total. The molecule has 2 atom stereocenters. The van der Waals surface area contributed by atoms with E-state index in [1.54, 1.807) is 0 Å². The highest BCUT2D eigenvalue weighted by Crippen LogP contribution is 2.17. The molecule has 1 N–H and O–H groups in total. The van der Waals surface area contributed by atoms with Gasteiger partial charge in [-0.3, -0.25) is 5.32 Å². The Labute approximate surface area is 111 Å². The summed E-state index contributed by atoms with van der Waals surface area (Å²) < 4.78 is 11.0. The summed E-state index contributed by atoms with van der Waals surface area (Å²) in [6.45, 7) is 7.36. The molecule has 1 heterocycles. The van der Waals surface area contributed by atoms with Gasteiger partial charge in [0.2, 0.25) is 0 Å². The van der Waals surface area contributed by atoms with E-state index in [9.17, 15) is 5.26 Å². The first-order chi connectivity index (χ1) is 8.76. The fourth-order valence-electron chi connectivity index (χ4n) is 2.20. The van der Waals surface area contributed by atoms with Crippen molar-refractivity contribution in [2.24, 2.45) is 0 Å². The minimum Gasteiger partial charge on any atom is -0.379 e. The van der Waals surface area contributed by atoms with Gasteiger partial charge in [-0.1, -0.05) is 13.8 Å². The molecule has 0 radical (unpaired) electrons. The Kier molecular flexibility index (Phi) is 7.26. The maximum absolute atomic E-state index is 9.34. The number of nitriles is 1. The first-order valence-corrected chi connectivity index (χ1v) is 7.12. The molecule has 0 aromatic rings. The van der Waals surface area contributed by atoms with Crippen LogP contribution in [0.15, 0.2) is 0 Å². The molecule has 1 saturated heterocycles. The predicted molar refractivity (Wildman–Crippen MR) is 71.3 cm³/mol. The smallest absolute Gasteiger partial charge is 0.106 e. The Balaban J connectivity index is 2.22. The van der Waals surface area contributed by atoms with Crippen LogP contribution in [0.5, 0.6) is 0 Å². The van der Waals surface area contributed by atoms with Crippen LogP contribution in [0.3, 0.4) is 0 Å². The van der Waals surface area contributed by atoms with Crippen LogP contribution in [-0.4, -0.2) is 38.0 Å². The average Bonchev–Trinajstić information content (AvgIpc) is 2.92. The zero-order chi connectivity index (χ0) is 13.3. The first-order valence-electron chi connectivity index (χ1n) is 7.12. The minimum atomic E-state index is -0.369. The third-order valence-corrected chi connectivity index (χ3v) is 3.52. The van der Waals surface area contributed by atoms with E-state index in [1.807, 2.05) is 0 Å². The van der Waals surface area contributed by atoms with Crippen molar-refractivity contribution in [1.82, 2.24) is 5.32 Å². The largest absolute Gasteiger partial charge is 0.379 e. The maximum Gasteiger partial charge on any atom is 0.106 e. The molecular weight excluding hydrogens is 228 g/mol. The van der Waals surface area contributed by atoms with Crippen molar-refractivity contribution in [2.45, 2.75) is 57.6 Å². The van der Waals surface area contributed by atoms with Crippen LogP contribution in [0.4, 0.5) is 0 Å². The molecule has 1 fully saturated rings. The molecule has 1 rings (SSSR count). The highest BCUT2D eigenvalue weighted by molar-refractivity contribution is 5.06. The first kappa shape index (κ1) is 15.4. The quantitative estimate of drug-likeness (QED) is 0.641. The summed E-state index contributed by atoms with van der Waals surface area (Å²) in [6, 6.07) is 2.44. The van der Waals surface area contributed by atoms with Crippen LogP contribution in [0, 0.1) is 11.3 Å². The van der Waals surface area contributed by atoms with Crippen LogP contribution in [0.1, 0.15) is 46.0 Å². The molecule has 0 bridgehead atoms. The molecule has 0 amide bonds. The Morgan fingerprint density at radius 2 is 2.33 bits per heavy atom. The highest BCUT2D eigenvalue weighted by atomic mass is 16.5. The second-order valence-corrected chi connectivity index (χ2v) is 4.93. The molecule has 1 aliphatic heterocycles. The van der Waals surface area contributed by atoms with E-state index >= 15 is 0 Å². The molecule has 104 valence electrons. The van der Waals surface area contributed by atoms with Crippen molar-refractivity contribution >= 4 is 0 Å². The Morgan fingerprint density at radius 3 is 2.89 bits per heavy atom. The summed E-state index contributed by atoms with van der Waals surface area (Å²) in [4.78, 5) is 0. The molecule has 0 aliphatic carbocycles. The van der Waals surface area contributed by atoms with Crippen LogP contribution in [-0.2, 0) is 9.47 Å². The summed E-state index contributed by atoms with van der Waals surface area (Å²) in [5.41, 5.74) is -0.369. The molecular formula is C14H26N2O2. The molecule has 2 unspecified atom stereocenters. The van der Waals surface area contributed by atoms with E-state index in [1.165, 1.54) is 0 Å². The summed E-state index contributed by atoms with van der Waals surface area (Å²) in [5, 5.41) is 12.7. The lowest BCUT2D eigenvalue weighted by molar-refractivity contribution is 0.0386. The van der Waals surface area contributed by atoms with E-state index in [4.69, 9.17) is 9.47 Å².